The van der Waals surface area contributed by atoms with E-state index in [0.717, 1.165) is 19.2 Å². The number of nitrogens with zero attached hydrogens (tertiary/aromatic N) is 2. The maximum Gasteiger partial charge on any atom is 0.256 e. The highest BCUT2D eigenvalue weighted by atomic mass is 19.2. The van der Waals surface area contributed by atoms with Crippen molar-refractivity contribution in [2.45, 2.75) is 45.8 Å². The van der Waals surface area contributed by atoms with Crippen molar-refractivity contribution in [2.75, 3.05) is 31.5 Å². The van der Waals surface area contributed by atoms with Crippen LogP contribution in [0.1, 0.15) is 43.1 Å². The molecule has 1 atom stereocenters. The zero-order valence-electron chi connectivity index (χ0n) is 18.9. The number of benzene rings is 2. The highest BCUT2D eigenvalue weighted by Crippen LogP contribution is 2.34. The molecule has 2 aromatic carbocycles. The molecule has 1 saturated heterocycles. The minimum Gasteiger partial charge on any atom is -0.385 e. The minimum atomic E-state index is -1.26. The fourth-order valence-electron chi connectivity index (χ4n) is 4.49. The van der Waals surface area contributed by atoms with Gasteiger partial charge in [-0.3, -0.25) is 9.69 Å². The van der Waals surface area contributed by atoms with Gasteiger partial charge < -0.3 is 15.3 Å². The second kappa shape index (κ2) is 9.50. The van der Waals surface area contributed by atoms with E-state index in [2.05, 4.69) is 10.2 Å². The van der Waals surface area contributed by atoms with Gasteiger partial charge in [0.1, 0.15) is 11.4 Å². The van der Waals surface area contributed by atoms with Crippen LogP contribution in [0.15, 0.2) is 30.3 Å². The number of aliphatic hydroxyl groups is 1. The van der Waals surface area contributed by atoms with E-state index in [1.165, 1.54) is 23.1 Å². The number of carbonyl (C=O) groups excluding carboxylic acids is 1. The number of carbonyl (C=O) groups is 1. The fourth-order valence-corrected chi connectivity index (χ4v) is 4.49. The summed E-state index contributed by atoms with van der Waals surface area (Å²) in [4.78, 5) is 16.7. The second-order valence-corrected chi connectivity index (χ2v) is 8.30. The molecule has 2 aromatic rings. The topological polar surface area (TPSA) is 55.8 Å². The number of amides is 1. The van der Waals surface area contributed by atoms with Crippen LogP contribution in [0, 0.1) is 24.4 Å². The molecule has 1 unspecified atom stereocenters. The molecule has 1 amide bonds. The van der Waals surface area contributed by atoms with Crippen LogP contribution in [0.25, 0.3) is 0 Å². The van der Waals surface area contributed by atoms with E-state index >= 15 is 0 Å². The van der Waals surface area contributed by atoms with Gasteiger partial charge in [-0.05, 0) is 56.3 Å². The van der Waals surface area contributed by atoms with Gasteiger partial charge in [0.15, 0.2) is 11.6 Å². The van der Waals surface area contributed by atoms with Gasteiger partial charge in [-0.15, -0.1) is 0 Å². The lowest BCUT2D eigenvalue weighted by molar-refractivity contribution is -0.131. The van der Waals surface area contributed by atoms with Crippen LogP contribution in [-0.2, 0) is 0 Å². The first kappa shape index (κ1) is 24.1. The molecule has 8 heteroatoms. The number of anilines is 2. The summed E-state index contributed by atoms with van der Waals surface area (Å²) in [5, 5.41) is 13.6. The molecule has 1 fully saturated rings. The van der Waals surface area contributed by atoms with Gasteiger partial charge in [0.05, 0.1) is 30.0 Å². The number of likely N-dealkylation sites (N-methyl/N-ethyl adjacent to an activating group) is 1. The van der Waals surface area contributed by atoms with Crippen LogP contribution in [0.3, 0.4) is 0 Å². The van der Waals surface area contributed by atoms with Crippen molar-refractivity contribution < 1.29 is 23.1 Å². The van der Waals surface area contributed by atoms with Gasteiger partial charge in [0.2, 0.25) is 0 Å². The monoisotopic (exact) mass is 449 g/mol. The van der Waals surface area contributed by atoms with Crippen LogP contribution in [0.5, 0.6) is 0 Å². The third-order valence-corrected chi connectivity index (χ3v) is 6.19. The summed E-state index contributed by atoms with van der Waals surface area (Å²) in [5.74, 6) is -3.61. The lowest BCUT2D eigenvalue weighted by atomic mass is 9.82. The summed E-state index contributed by atoms with van der Waals surface area (Å²) >= 11 is 0. The summed E-state index contributed by atoms with van der Waals surface area (Å²) in [6.45, 7) is 9.42. The van der Waals surface area contributed by atoms with Crippen molar-refractivity contribution in [1.29, 1.82) is 0 Å². The number of nitrogens with one attached hydrogen (secondary N) is 1. The molecule has 5 nitrogen and oxygen atoms in total. The summed E-state index contributed by atoms with van der Waals surface area (Å²) in [5.41, 5.74) is -1.03. The Labute approximate surface area is 186 Å². The Kier molecular flexibility index (Phi) is 7.15. The van der Waals surface area contributed by atoms with E-state index in [1.807, 2.05) is 20.8 Å². The van der Waals surface area contributed by atoms with Crippen molar-refractivity contribution in [3.63, 3.8) is 0 Å². The lowest BCUT2D eigenvalue weighted by Crippen LogP contribution is -2.71. The number of aryl methyl sites for hydroxylation is 1. The third-order valence-electron chi connectivity index (χ3n) is 6.19. The van der Waals surface area contributed by atoms with E-state index in [0.29, 0.717) is 12.0 Å². The number of hydrogen-bond acceptors (Lipinski definition) is 4. The normalized spacial score (nSPS) is 16.1. The van der Waals surface area contributed by atoms with E-state index in [9.17, 15) is 23.1 Å². The number of halogens is 3. The molecule has 0 saturated carbocycles. The highest BCUT2D eigenvalue weighted by molar-refractivity contribution is 6.01. The van der Waals surface area contributed by atoms with Gasteiger partial charge in [0, 0.05) is 6.04 Å². The van der Waals surface area contributed by atoms with Crippen LogP contribution in [0.4, 0.5) is 24.5 Å². The van der Waals surface area contributed by atoms with Gasteiger partial charge in [-0.25, -0.2) is 13.2 Å². The van der Waals surface area contributed by atoms with Gasteiger partial charge in [-0.2, -0.15) is 0 Å². The van der Waals surface area contributed by atoms with E-state index in [4.69, 9.17) is 0 Å². The SMILES string of the molecule is CCC(N(CC)CC)C1(O)CN(C(=O)c2ccc(F)c(F)c2Nc2ccc(C)cc2F)C1. The summed E-state index contributed by atoms with van der Waals surface area (Å²) < 4.78 is 42.9. The molecule has 1 heterocycles. The van der Waals surface area contributed by atoms with E-state index in [1.54, 1.807) is 13.0 Å². The molecule has 3 rings (SSSR count). The standard InChI is InChI=1S/C24H30F3N3O2/c1-5-20(29(6-2)7-3)24(32)13-30(14-24)23(31)16-9-10-17(25)21(27)22(16)28-19-11-8-15(4)12-18(19)26/h8-12,20,28,32H,5-7,13-14H2,1-4H3. The third kappa shape index (κ3) is 4.47. The first-order valence-electron chi connectivity index (χ1n) is 10.9. The molecule has 174 valence electrons. The first-order valence-corrected chi connectivity index (χ1v) is 10.9. The average Bonchev–Trinajstić information content (AvgIpc) is 2.74. The van der Waals surface area contributed by atoms with Crippen LogP contribution in [0.2, 0.25) is 0 Å². The molecule has 2 N–H and O–H groups in total. The Morgan fingerprint density at radius 3 is 2.34 bits per heavy atom. The van der Waals surface area contributed by atoms with Crippen LogP contribution in [-0.4, -0.2) is 58.6 Å². The van der Waals surface area contributed by atoms with E-state index in [-0.39, 0.29) is 30.4 Å². The fraction of sp³-hybridized carbons (Fsp3) is 0.458. The molecule has 1 aliphatic heterocycles. The zero-order chi connectivity index (χ0) is 23.6. The van der Waals surface area contributed by atoms with Crippen molar-refractivity contribution in [2.24, 2.45) is 0 Å². The molecule has 0 spiro atoms. The predicted octanol–water partition coefficient (Wildman–Crippen LogP) is 4.46. The van der Waals surface area contributed by atoms with Crippen molar-refractivity contribution >= 4 is 17.3 Å². The Morgan fingerprint density at radius 2 is 1.78 bits per heavy atom. The summed E-state index contributed by atoms with van der Waals surface area (Å²) in [7, 11) is 0. The maximum atomic E-state index is 14.7. The van der Waals surface area contributed by atoms with Crippen molar-refractivity contribution in [3.05, 3.63) is 58.9 Å². The Balaban J connectivity index is 1.86. The second-order valence-electron chi connectivity index (χ2n) is 8.30. The number of β-amino-alcohol motifs (C(OH)–C–C–N with tert-alkyl or cyclic N) is 1. The van der Waals surface area contributed by atoms with Gasteiger partial charge in [0.25, 0.3) is 5.91 Å². The molecule has 0 radical (unpaired) electrons. The summed E-state index contributed by atoms with van der Waals surface area (Å²) in [6, 6.07) is 6.21. The molecule has 0 aliphatic carbocycles. The molecule has 0 bridgehead atoms. The lowest BCUT2D eigenvalue weighted by Gasteiger charge is -2.53. The quantitative estimate of drug-likeness (QED) is 0.625. The molecular formula is C24H30F3N3O2. The van der Waals surface area contributed by atoms with Gasteiger partial charge >= 0.3 is 0 Å². The molecule has 32 heavy (non-hydrogen) atoms. The first-order chi connectivity index (χ1) is 15.1. The molecule has 1 aliphatic rings. The Hall–Kier alpha value is -2.58. The average molecular weight is 450 g/mol. The van der Waals surface area contributed by atoms with E-state index < -0.39 is 34.6 Å². The van der Waals surface area contributed by atoms with Crippen LogP contribution >= 0.6 is 0 Å². The highest BCUT2D eigenvalue weighted by Gasteiger charge is 2.50. The zero-order valence-corrected chi connectivity index (χ0v) is 18.9. The van der Waals surface area contributed by atoms with Gasteiger partial charge in [-0.1, -0.05) is 26.8 Å². The maximum absolute atomic E-state index is 14.7. The summed E-state index contributed by atoms with van der Waals surface area (Å²) in [6.07, 6.45) is 0.713. The Morgan fingerprint density at radius 1 is 1.12 bits per heavy atom. The predicted molar refractivity (Wildman–Crippen MR) is 119 cm³/mol. The number of rotatable bonds is 8. The number of likely N-dealkylation sites (tertiary alicyclic amines) is 1. The number of hydrogen-bond donors (Lipinski definition) is 2. The largest absolute Gasteiger partial charge is 0.385 e. The minimum absolute atomic E-state index is 0.0677. The van der Waals surface area contributed by atoms with Crippen molar-refractivity contribution in [3.8, 4) is 0 Å². The van der Waals surface area contributed by atoms with Crippen LogP contribution < -0.4 is 5.32 Å². The van der Waals surface area contributed by atoms with Crippen molar-refractivity contribution in [1.82, 2.24) is 9.80 Å². The smallest absolute Gasteiger partial charge is 0.256 e. The molecule has 0 aromatic heterocycles. The molecular weight excluding hydrogens is 419 g/mol. The Bertz CT molecular complexity index is 989.